The molecule has 3 rings (SSSR count). The molecule has 0 fully saturated rings. The molecule has 0 saturated heterocycles. The van der Waals surface area contributed by atoms with Crippen LogP contribution >= 0.6 is 11.3 Å². The normalized spacial score (nSPS) is 10.9. The summed E-state index contributed by atoms with van der Waals surface area (Å²) in [7, 11) is 0. The molecule has 0 aliphatic rings. The van der Waals surface area contributed by atoms with Crippen molar-refractivity contribution in [2.45, 2.75) is 6.92 Å². The van der Waals surface area contributed by atoms with Gasteiger partial charge in [0.25, 0.3) is 0 Å². The van der Waals surface area contributed by atoms with Crippen LogP contribution in [0.3, 0.4) is 0 Å². The maximum atomic E-state index is 12.8. The molecule has 0 radical (unpaired) electrons. The van der Waals surface area contributed by atoms with E-state index < -0.39 is 0 Å². The van der Waals surface area contributed by atoms with Crippen LogP contribution in [-0.2, 0) is 0 Å². The van der Waals surface area contributed by atoms with E-state index in [1.807, 2.05) is 6.07 Å². The highest BCUT2D eigenvalue weighted by molar-refractivity contribution is 7.21. The number of hydrogen-bond acceptors (Lipinski definition) is 2. The van der Waals surface area contributed by atoms with Crippen molar-refractivity contribution in [2.75, 3.05) is 0 Å². The zero-order chi connectivity index (χ0) is 11.8. The minimum atomic E-state index is -0.217. The van der Waals surface area contributed by atoms with Crippen LogP contribution in [-0.4, -0.2) is 4.98 Å². The van der Waals surface area contributed by atoms with E-state index in [1.165, 1.54) is 22.4 Å². The lowest BCUT2D eigenvalue weighted by molar-refractivity contribution is 0.628. The minimum absolute atomic E-state index is 0.217. The van der Waals surface area contributed by atoms with Gasteiger partial charge in [0.2, 0.25) is 0 Å². The maximum Gasteiger partial charge on any atom is 0.124 e. The molecule has 0 saturated carbocycles. The van der Waals surface area contributed by atoms with Crippen molar-refractivity contribution < 1.29 is 4.39 Å². The summed E-state index contributed by atoms with van der Waals surface area (Å²) in [6.07, 6.45) is 0. The third-order valence-corrected chi connectivity index (χ3v) is 3.70. The second-order valence-electron chi connectivity index (χ2n) is 4.00. The Kier molecular flexibility index (Phi) is 2.41. The van der Waals surface area contributed by atoms with Crippen LogP contribution in [0.4, 0.5) is 4.39 Å². The van der Waals surface area contributed by atoms with Gasteiger partial charge in [-0.25, -0.2) is 9.37 Å². The van der Waals surface area contributed by atoms with Gasteiger partial charge in [0, 0.05) is 5.56 Å². The smallest absolute Gasteiger partial charge is 0.124 e. The third-order valence-electron chi connectivity index (χ3n) is 2.64. The summed E-state index contributed by atoms with van der Waals surface area (Å²) in [5, 5.41) is 0.936. The first kappa shape index (κ1) is 10.4. The van der Waals surface area contributed by atoms with Crippen molar-refractivity contribution in [2.24, 2.45) is 0 Å². The van der Waals surface area contributed by atoms with E-state index in [4.69, 9.17) is 0 Å². The standard InChI is InChI=1S/C14H10FNS/c1-9-2-7-12-13(8-9)17-14(16-12)10-3-5-11(15)6-4-10/h2-8H,1H3/i15-1. The highest BCUT2D eigenvalue weighted by atomic mass is 32.1. The lowest BCUT2D eigenvalue weighted by Gasteiger charge is -1.94. The van der Waals surface area contributed by atoms with Gasteiger partial charge in [-0.05, 0) is 48.9 Å². The van der Waals surface area contributed by atoms with Gasteiger partial charge in [-0.15, -0.1) is 11.3 Å². The number of nitrogens with zero attached hydrogens (tertiary/aromatic N) is 1. The number of rotatable bonds is 1. The van der Waals surface area contributed by atoms with Gasteiger partial charge in [-0.3, -0.25) is 0 Å². The van der Waals surface area contributed by atoms with Gasteiger partial charge in [0.15, 0.2) is 0 Å². The monoisotopic (exact) mass is 242 g/mol. The Hall–Kier alpha value is -1.74. The summed E-state index contributed by atoms with van der Waals surface area (Å²) in [6.45, 7) is 2.07. The molecule has 0 N–H and O–H groups in total. The van der Waals surface area contributed by atoms with Crippen LogP contribution in [0.15, 0.2) is 42.5 Å². The molecule has 1 aromatic heterocycles. The third kappa shape index (κ3) is 1.94. The molecule has 0 atom stereocenters. The molecular weight excluding hydrogens is 232 g/mol. The molecule has 0 unspecified atom stereocenters. The lowest BCUT2D eigenvalue weighted by Crippen LogP contribution is -1.77. The predicted octanol–water partition coefficient (Wildman–Crippen LogP) is 4.41. The van der Waals surface area contributed by atoms with Crippen molar-refractivity contribution >= 4 is 21.6 Å². The van der Waals surface area contributed by atoms with E-state index in [-0.39, 0.29) is 5.82 Å². The first-order chi connectivity index (χ1) is 8.22. The van der Waals surface area contributed by atoms with Crippen LogP contribution in [0, 0.1) is 12.7 Å². The Balaban J connectivity index is 2.14. The molecule has 0 spiro atoms. The summed E-state index contributed by atoms with van der Waals surface area (Å²) < 4.78 is 14.0. The second-order valence-corrected chi connectivity index (χ2v) is 5.03. The fourth-order valence-corrected chi connectivity index (χ4v) is 2.82. The van der Waals surface area contributed by atoms with E-state index in [1.54, 1.807) is 23.5 Å². The summed E-state index contributed by atoms with van der Waals surface area (Å²) in [6, 6.07) is 12.7. The van der Waals surface area contributed by atoms with Crippen molar-refractivity contribution in [3.8, 4) is 10.6 Å². The highest BCUT2D eigenvalue weighted by Crippen LogP contribution is 2.30. The average molecular weight is 242 g/mol. The zero-order valence-corrected chi connectivity index (χ0v) is 10.1. The van der Waals surface area contributed by atoms with Crippen LogP contribution < -0.4 is 0 Å². The molecule has 2 aromatic carbocycles. The topological polar surface area (TPSA) is 12.9 Å². The van der Waals surface area contributed by atoms with Crippen molar-refractivity contribution in [3.63, 3.8) is 0 Å². The second kappa shape index (κ2) is 3.93. The average Bonchev–Trinajstić information content (AvgIpc) is 2.72. The van der Waals surface area contributed by atoms with E-state index in [0.29, 0.717) is 0 Å². The minimum Gasteiger partial charge on any atom is -0.236 e. The Bertz CT molecular complexity index is 670. The summed E-state index contributed by atoms with van der Waals surface area (Å²) in [4.78, 5) is 4.55. The summed E-state index contributed by atoms with van der Waals surface area (Å²) in [5.74, 6) is -0.217. The Morgan fingerprint density at radius 3 is 2.59 bits per heavy atom. The quantitative estimate of drug-likeness (QED) is 0.616. The molecule has 3 heteroatoms. The molecule has 0 bridgehead atoms. The number of aromatic nitrogens is 1. The molecule has 1 nitrogen and oxygen atoms in total. The van der Waals surface area contributed by atoms with Crippen molar-refractivity contribution in [1.29, 1.82) is 0 Å². The SMILES string of the molecule is Cc1ccc2nc(-c3ccc([18F])cc3)sc2c1. The fraction of sp³-hybridized carbons (Fsp3) is 0.0714. The van der Waals surface area contributed by atoms with E-state index in [2.05, 4.69) is 24.0 Å². The van der Waals surface area contributed by atoms with Gasteiger partial charge in [-0.1, -0.05) is 6.07 Å². The number of fused-ring (bicyclic) bond motifs is 1. The number of halogens is 1. The number of benzene rings is 2. The molecule has 17 heavy (non-hydrogen) atoms. The summed E-state index contributed by atoms with van der Waals surface area (Å²) >= 11 is 1.64. The molecule has 0 aliphatic heterocycles. The lowest BCUT2D eigenvalue weighted by atomic mass is 10.2. The maximum absolute atomic E-state index is 12.8. The fourth-order valence-electron chi connectivity index (χ4n) is 1.75. The van der Waals surface area contributed by atoms with Crippen LogP contribution in [0.5, 0.6) is 0 Å². The molecule has 84 valence electrons. The summed E-state index contributed by atoms with van der Waals surface area (Å²) in [5.41, 5.74) is 3.19. The molecular formula is C14H10FNS. The first-order valence-electron chi connectivity index (χ1n) is 5.35. The molecule has 0 amide bonds. The van der Waals surface area contributed by atoms with Crippen LogP contribution in [0.2, 0.25) is 0 Å². The Morgan fingerprint density at radius 1 is 1.06 bits per heavy atom. The Labute approximate surface area is 103 Å². The van der Waals surface area contributed by atoms with E-state index in [0.717, 1.165) is 16.1 Å². The van der Waals surface area contributed by atoms with E-state index in [9.17, 15) is 4.39 Å². The first-order valence-corrected chi connectivity index (χ1v) is 6.17. The van der Waals surface area contributed by atoms with Gasteiger partial charge < -0.3 is 0 Å². The highest BCUT2D eigenvalue weighted by Gasteiger charge is 2.06. The van der Waals surface area contributed by atoms with Gasteiger partial charge >= 0.3 is 0 Å². The van der Waals surface area contributed by atoms with Crippen LogP contribution in [0.25, 0.3) is 20.8 Å². The largest absolute Gasteiger partial charge is 0.236 e. The van der Waals surface area contributed by atoms with Crippen molar-refractivity contribution in [3.05, 3.63) is 53.8 Å². The van der Waals surface area contributed by atoms with Gasteiger partial charge in [-0.2, -0.15) is 0 Å². The van der Waals surface area contributed by atoms with Gasteiger partial charge in [0.1, 0.15) is 10.8 Å². The van der Waals surface area contributed by atoms with Crippen molar-refractivity contribution in [1.82, 2.24) is 4.98 Å². The molecule has 3 aromatic rings. The Morgan fingerprint density at radius 2 is 1.82 bits per heavy atom. The predicted molar refractivity (Wildman–Crippen MR) is 69.8 cm³/mol. The van der Waals surface area contributed by atoms with Crippen LogP contribution in [0.1, 0.15) is 5.56 Å². The number of aryl methyl sites for hydroxylation is 1. The molecule has 1 heterocycles. The van der Waals surface area contributed by atoms with Gasteiger partial charge in [0.05, 0.1) is 10.2 Å². The number of hydrogen-bond donors (Lipinski definition) is 0. The zero-order valence-electron chi connectivity index (χ0n) is 9.27. The van der Waals surface area contributed by atoms with E-state index >= 15 is 0 Å². The molecule has 0 aliphatic carbocycles. The number of thiazole rings is 1.